The van der Waals surface area contributed by atoms with E-state index in [9.17, 15) is 4.79 Å². The van der Waals surface area contributed by atoms with Crippen LogP contribution in [0.25, 0.3) is 5.78 Å². The zero-order chi connectivity index (χ0) is 14.1. The van der Waals surface area contributed by atoms with Gasteiger partial charge in [0, 0.05) is 17.5 Å². The van der Waals surface area contributed by atoms with Crippen molar-refractivity contribution in [3.8, 4) is 0 Å². The molecule has 0 unspecified atom stereocenters. The number of hydrogen-bond acceptors (Lipinski definition) is 4. The summed E-state index contributed by atoms with van der Waals surface area (Å²) >= 11 is 1.61. The van der Waals surface area contributed by atoms with Crippen molar-refractivity contribution in [1.29, 1.82) is 0 Å². The topological polar surface area (TPSA) is 63.0 Å². The van der Waals surface area contributed by atoms with Gasteiger partial charge in [-0.15, -0.1) is 10.2 Å². The minimum absolute atomic E-state index is 0.155. The summed E-state index contributed by atoms with van der Waals surface area (Å²) in [6.07, 6.45) is 0. The third-order valence-electron chi connectivity index (χ3n) is 3.18. The number of benzene rings is 1. The summed E-state index contributed by atoms with van der Waals surface area (Å²) in [6, 6.07) is 9.83. The summed E-state index contributed by atoms with van der Waals surface area (Å²) in [4.78, 5) is 14.1. The standard InChI is InChI=1S/C14H14N4OS/c1-9-5-3-4-6-11(9)8-20-14-17-16-13-15-12(19)7-10(2)18(13)14/h3-7H,8H2,1-2H3,(H,15,16,19). The lowest BCUT2D eigenvalue weighted by Crippen LogP contribution is -2.09. The molecule has 0 bridgehead atoms. The maximum absolute atomic E-state index is 11.4. The Bertz CT molecular complexity index is 821. The van der Waals surface area contributed by atoms with Crippen LogP contribution in [0.15, 0.2) is 40.3 Å². The first kappa shape index (κ1) is 12.9. The maximum Gasteiger partial charge on any atom is 0.252 e. The summed E-state index contributed by atoms with van der Waals surface area (Å²) in [5, 5.41) is 8.95. The highest BCUT2D eigenvalue weighted by Gasteiger charge is 2.10. The number of aryl methyl sites for hydroxylation is 2. The van der Waals surface area contributed by atoms with E-state index in [2.05, 4.69) is 34.2 Å². The predicted molar refractivity (Wildman–Crippen MR) is 79.1 cm³/mol. The Kier molecular flexibility index (Phi) is 3.31. The summed E-state index contributed by atoms with van der Waals surface area (Å²) in [5.41, 5.74) is 3.22. The highest BCUT2D eigenvalue weighted by Crippen LogP contribution is 2.23. The third-order valence-corrected chi connectivity index (χ3v) is 4.16. The molecule has 20 heavy (non-hydrogen) atoms. The number of nitrogens with one attached hydrogen (secondary N) is 1. The van der Waals surface area contributed by atoms with Crippen LogP contribution in [0.2, 0.25) is 0 Å². The van der Waals surface area contributed by atoms with Crippen LogP contribution in [0.5, 0.6) is 0 Å². The molecule has 0 aliphatic heterocycles. The minimum atomic E-state index is -0.155. The molecule has 0 radical (unpaired) electrons. The largest absolute Gasteiger partial charge is 0.291 e. The van der Waals surface area contributed by atoms with Gasteiger partial charge in [0.25, 0.3) is 5.56 Å². The third kappa shape index (κ3) is 2.34. The molecule has 0 aliphatic carbocycles. The van der Waals surface area contributed by atoms with E-state index in [-0.39, 0.29) is 5.56 Å². The normalized spacial score (nSPS) is 11.1. The molecule has 0 amide bonds. The van der Waals surface area contributed by atoms with E-state index in [1.807, 2.05) is 23.5 Å². The first-order valence-corrected chi connectivity index (χ1v) is 7.26. The van der Waals surface area contributed by atoms with Gasteiger partial charge in [0.2, 0.25) is 5.78 Å². The van der Waals surface area contributed by atoms with Crippen molar-refractivity contribution >= 4 is 17.5 Å². The van der Waals surface area contributed by atoms with Crippen LogP contribution < -0.4 is 5.56 Å². The second kappa shape index (κ2) is 5.13. The minimum Gasteiger partial charge on any atom is -0.291 e. The molecule has 0 atom stereocenters. The Balaban J connectivity index is 1.92. The lowest BCUT2D eigenvalue weighted by atomic mass is 10.1. The molecule has 2 heterocycles. The van der Waals surface area contributed by atoms with Crippen LogP contribution in [-0.2, 0) is 5.75 Å². The van der Waals surface area contributed by atoms with Crippen molar-refractivity contribution in [2.45, 2.75) is 24.8 Å². The molecule has 0 fully saturated rings. The van der Waals surface area contributed by atoms with E-state index in [1.54, 1.807) is 17.8 Å². The Morgan fingerprint density at radius 1 is 1.25 bits per heavy atom. The molecule has 0 saturated heterocycles. The molecular weight excluding hydrogens is 272 g/mol. The van der Waals surface area contributed by atoms with E-state index >= 15 is 0 Å². The highest BCUT2D eigenvalue weighted by molar-refractivity contribution is 7.98. The smallest absolute Gasteiger partial charge is 0.252 e. The van der Waals surface area contributed by atoms with Gasteiger partial charge in [-0.2, -0.15) is 0 Å². The fourth-order valence-corrected chi connectivity index (χ4v) is 3.14. The van der Waals surface area contributed by atoms with Gasteiger partial charge in [0.05, 0.1) is 0 Å². The molecule has 1 aromatic carbocycles. The van der Waals surface area contributed by atoms with E-state index in [1.165, 1.54) is 11.1 Å². The summed E-state index contributed by atoms with van der Waals surface area (Å²) in [7, 11) is 0. The molecule has 5 nitrogen and oxygen atoms in total. The fourth-order valence-electron chi connectivity index (χ4n) is 2.08. The van der Waals surface area contributed by atoms with Crippen molar-refractivity contribution in [2.75, 3.05) is 0 Å². The number of thioether (sulfide) groups is 1. The molecule has 1 N–H and O–H groups in total. The van der Waals surface area contributed by atoms with Gasteiger partial charge in [-0.1, -0.05) is 36.0 Å². The molecule has 3 rings (SSSR count). The molecule has 2 aromatic heterocycles. The first-order chi connectivity index (χ1) is 9.65. The van der Waals surface area contributed by atoms with E-state index in [0.717, 1.165) is 16.6 Å². The van der Waals surface area contributed by atoms with Crippen molar-refractivity contribution in [3.05, 3.63) is 57.5 Å². The highest BCUT2D eigenvalue weighted by atomic mass is 32.2. The van der Waals surface area contributed by atoms with E-state index in [4.69, 9.17) is 0 Å². The van der Waals surface area contributed by atoms with Crippen molar-refractivity contribution in [1.82, 2.24) is 19.6 Å². The Morgan fingerprint density at radius 3 is 2.85 bits per heavy atom. The van der Waals surface area contributed by atoms with Gasteiger partial charge in [0.1, 0.15) is 0 Å². The molecule has 0 spiro atoms. The lowest BCUT2D eigenvalue weighted by Gasteiger charge is -2.05. The average molecular weight is 286 g/mol. The molecule has 3 aromatic rings. The van der Waals surface area contributed by atoms with Gasteiger partial charge in [-0.3, -0.25) is 14.2 Å². The molecule has 0 aliphatic rings. The van der Waals surface area contributed by atoms with E-state index in [0.29, 0.717) is 5.78 Å². The molecule has 102 valence electrons. The zero-order valence-corrected chi connectivity index (χ0v) is 12.1. The van der Waals surface area contributed by atoms with Crippen LogP contribution in [0, 0.1) is 13.8 Å². The Hall–Kier alpha value is -2.08. The zero-order valence-electron chi connectivity index (χ0n) is 11.3. The Morgan fingerprint density at radius 2 is 2.05 bits per heavy atom. The average Bonchev–Trinajstić information content (AvgIpc) is 2.81. The SMILES string of the molecule is Cc1ccccc1CSc1nnc2[nH]c(=O)cc(C)n12. The monoisotopic (exact) mass is 286 g/mol. The van der Waals surface area contributed by atoms with Crippen LogP contribution >= 0.6 is 11.8 Å². The van der Waals surface area contributed by atoms with Crippen LogP contribution in [0.4, 0.5) is 0 Å². The number of rotatable bonds is 3. The first-order valence-electron chi connectivity index (χ1n) is 6.27. The van der Waals surface area contributed by atoms with Crippen molar-refractivity contribution in [3.63, 3.8) is 0 Å². The van der Waals surface area contributed by atoms with Gasteiger partial charge in [-0.25, -0.2) is 0 Å². The molecular formula is C14H14N4OS. The van der Waals surface area contributed by atoms with Gasteiger partial charge >= 0.3 is 0 Å². The van der Waals surface area contributed by atoms with Crippen LogP contribution in [0.1, 0.15) is 16.8 Å². The van der Waals surface area contributed by atoms with Crippen molar-refractivity contribution in [2.24, 2.45) is 0 Å². The van der Waals surface area contributed by atoms with Gasteiger partial charge in [-0.05, 0) is 25.0 Å². The van der Waals surface area contributed by atoms with Crippen LogP contribution in [-0.4, -0.2) is 19.6 Å². The number of fused-ring (bicyclic) bond motifs is 1. The number of aromatic amines is 1. The lowest BCUT2D eigenvalue weighted by molar-refractivity contribution is 0.886. The second-order valence-electron chi connectivity index (χ2n) is 4.63. The summed E-state index contributed by atoms with van der Waals surface area (Å²) < 4.78 is 1.87. The quantitative estimate of drug-likeness (QED) is 0.751. The predicted octanol–water partition coefficient (Wildman–Crippen LogP) is 2.33. The van der Waals surface area contributed by atoms with Gasteiger partial charge in [0.15, 0.2) is 5.16 Å². The molecule has 0 saturated carbocycles. The number of aromatic nitrogens is 4. The van der Waals surface area contributed by atoms with Crippen LogP contribution in [0.3, 0.4) is 0 Å². The van der Waals surface area contributed by atoms with Crippen molar-refractivity contribution < 1.29 is 0 Å². The second-order valence-corrected chi connectivity index (χ2v) is 5.57. The number of H-pyrrole nitrogens is 1. The summed E-state index contributed by atoms with van der Waals surface area (Å²) in [6.45, 7) is 3.98. The van der Waals surface area contributed by atoms with Gasteiger partial charge < -0.3 is 0 Å². The summed E-state index contributed by atoms with van der Waals surface area (Å²) in [5.74, 6) is 1.31. The number of hydrogen-bond donors (Lipinski definition) is 1. The maximum atomic E-state index is 11.4. The van der Waals surface area contributed by atoms with E-state index < -0.39 is 0 Å². The Labute approximate surface area is 120 Å². The fraction of sp³-hybridized carbons (Fsp3) is 0.214. The molecule has 6 heteroatoms. The number of nitrogens with zero attached hydrogens (tertiary/aromatic N) is 3.